The number of aromatic nitrogens is 1. The normalized spacial score (nSPS) is 22.9. The molecule has 2 fully saturated rings. The van der Waals surface area contributed by atoms with Crippen LogP contribution in [0.4, 0.5) is 5.82 Å². The highest BCUT2D eigenvalue weighted by Gasteiger charge is 2.39. The predicted octanol–water partition coefficient (Wildman–Crippen LogP) is 2.16. The van der Waals surface area contributed by atoms with Crippen molar-refractivity contribution in [1.29, 1.82) is 5.26 Å². The summed E-state index contributed by atoms with van der Waals surface area (Å²) in [5.41, 5.74) is 2.57. The second kappa shape index (κ2) is 8.05. The summed E-state index contributed by atoms with van der Waals surface area (Å²) in [7, 11) is 0. The van der Waals surface area contributed by atoms with Gasteiger partial charge in [-0.05, 0) is 57.1 Å². The molecular weight excluding hydrogens is 328 g/mol. The van der Waals surface area contributed by atoms with Gasteiger partial charge in [0.25, 0.3) is 0 Å². The SMILES string of the molecule is Cc1cc(C)c(C#N)c(N2CC[C@@H]3[C@@H](CCC(=O)N3CCCCO)C2)n1. The third-order valence-corrected chi connectivity index (χ3v) is 5.69. The molecule has 26 heavy (non-hydrogen) atoms. The van der Waals surface area contributed by atoms with E-state index in [-0.39, 0.29) is 18.6 Å². The molecule has 0 radical (unpaired) electrons. The summed E-state index contributed by atoms with van der Waals surface area (Å²) >= 11 is 0. The maximum atomic E-state index is 12.4. The lowest BCUT2D eigenvalue weighted by atomic mass is 9.83. The van der Waals surface area contributed by atoms with Crippen LogP contribution in [0.1, 0.15) is 48.9 Å². The van der Waals surface area contributed by atoms with Gasteiger partial charge in [-0.2, -0.15) is 5.26 Å². The van der Waals surface area contributed by atoms with Crippen molar-refractivity contribution in [2.24, 2.45) is 5.92 Å². The second-order valence-corrected chi connectivity index (χ2v) is 7.51. The average Bonchev–Trinajstić information content (AvgIpc) is 2.62. The minimum absolute atomic E-state index is 0.180. The topological polar surface area (TPSA) is 80.5 Å². The molecule has 3 heterocycles. The summed E-state index contributed by atoms with van der Waals surface area (Å²) in [6.45, 7) is 6.51. The smallest absolute Gasteiger partial charge is 0.222 e. The van der Waals surface area contributed by atoms with Crippen LogP contribution in [0.3, 0.4) is 0 Å². The Bertz CT molecular complexity index is 712. The molecule has 6 heteroatoms. The molecule has 0 unspecified atom stereocenters. The summed E-state index contributed by atoms with van der Waals surface area (Å²) < 4.78 is 0. The van der Waals surface area contributed by atoms with Crippen LogP contribution in [0.2, 0.25) is 0 Å². The van der Waals surface area contributed by atoms with Crippen molar-refractivity contribution in [3.63, 3.8) is 0 Å². The van der Waals surface area contributed by atoms with Crippen LogP contribution in [-0.4, -0.2) is 53.2 Å². The molecule has 0 bridgehead atoms. The number of likely N-dealkylation sites (tertiary alicyclic amines) is 1. The molecule has 6 nitrogen and oxygen atoms in total. The first-order chi connectivity index (χ1) is 12.5. The number of fused-ring (bicyclic) bond motifs is 1. The van der Waals surface area contributed by atoms with E-state index in [2.05, 4.69) is 16.0 Å². The zero-order chi connectivity index (χ0) is 18.7. The number of nitrogens with zero attached hydrogens (tertiary/aromatic N) is 4. The number of nitriles is 1. The van der Waals surface area contributed by atoms with Crippen molar-refractivity contribution in [2.45, 2.75) is 52.0 Å². The van der Waals surface area contributed by atoms with Crippen LogP contribution in [0.15, 0.2) is 6.07 Å². The van der Waals surface area contributed by atoms with Crippen molar-refractivity contribution in [1.82, 2.24) is 9.88 Å². The van der Waals surface area contributed by atoms with Crippen molar-refractivity contribution in [2.75, 3.05) is 31.1 Å². The van der Waals surface area contributed by atoms with Crippen LogP contribution in [0.25, 0.3) is 0 Å². The highest BCUT2D eigenvalue weighted by molar-refractivity contribution is 5.77. The number of amides is 1. The fourth-order valence-corrected chi connectivity index (χ4v) is 4.41. The van der Waals surface area contributed by atoms with Gasteiger partial charge in [-0.15, -0.1) is 0 Å². The van der Waals surface area contributed by atoms with Gasteiger partial charge in [-0.3, -0.25) is 4.79 Å². The summed E-state index contributed by atoms with van der Waals surface area (Å²) in [5, 5.41) is 18.6. The van der Waals surface area contributed by atoms with Crippen LogP contribution >= 0.6 is 0 Å². The van der Waals surface area contributed by atoms with E-state index >= 15 is 0 Å². The van der Waals surface area contributed by atoms with Crippen LogP contribution in [0.5, 0.6) is 0 Å². The maximum Gasteiger partial charge on any atom is 0.222 e. The number of carbonyl (C=O) groups is 1. The Balaban J connectivity index is 1.76. The van der Waals surface area contributed by atoms with Crippen molar-refractivity contribution >= 4 is 11.7 Å². The molecule has 3 rings (SSSR count). The first-order valence-electron chi connectivity index (χ1n) is 9.58. The third-order valence-electron chi connectivity index (χ3n) is 5.69. The van der Waals surface area contributed by atoms with E-state index in [1.165, 1.54) is 0 Å². The van der Waals surface area contributed by atoms with Gasteiger partial charge in [-0.1, -0.05) is 0 Å². The monoisotopic (exact) mass is 356 g/mol. The lowest BCUT2D eigenvalue weighted by Crippen LogP contribution is -2.56. The standard InChI is InChI=1S/C20H28N4O2/c1-14-11-15(2)22-20(17(14)12-21)23-9-7-18-16(13-23)5-6-19(26)24(18)8-3-4-10-25/h11,16,18,25H,3-10,13H2,1-2H3/t16-,18+/m0/s1. The Morgan fingerprint density at radius 1 is 1.35 bits per heavy atom. The molecule has 0 saturated carbocycles. The van der Waals surface area contributed by atoms with E-state index in [9.17, 15) is 10.1 Å². The molecule has 0 aliphatic carbocycles. The number of piperidine rings is 2. The number of pyridine rings is 1. The quantitative estimate of drug-likeness (QED) is 0.818. The minimum atomic E-state index is 0.180. The molecule has 2 aliphatic rings. The number of hydrogen-bond donors (Lipinski definition) is 1. The Morgan fingerprint density at radius 3 is 2.88 bits per heavy atom. The Labute approximate surface area is 155 Å². The highest BCUT2D eigenvalue weighted by atomic mass is 16.3. The van der Waals surface area contributed by atoms with E-state index in [0.29, 0.717) is 17.9 Å². The molecule has 0 spiro atoms. The summed E-state index contributed by atoms with van der Waals surface area (Å²) in [6.07, 6.45) is 4.01. The minimum Gasteiger partial charge on any atom is -0.396 e. The molecule has 1 amide bonds. The number of carbonyl (C=O) groups excluding carboxylic acids is 1. The first kappa shape index (κ1) is 18.7. The first-order valence-corrected chi connectivity index (χ1v) is 9.58. The number of aryl methyl sites for hydroxylation is 2. The molecule has 2 aliphatic heterocycles. The van der Waals surface area contributed by atoms with E-state index in [4.69, 9.17) is 5.11 Å². The number of aliphatic hydroxyl groups excluding tert-OH is 1. The maximum absolute atomic E-state index is 12.4. The second-order valence-electron chi connectivity index (χ2n) is 7.51. The van der Waals surface area contributed by atoms with E-state index in [0.717, 1.165) is 62.4 Å². The van der Waals surface area contributed by atoms with Crippen LogP contribution < -0.4 is 4.90 Å². The third kappa shape index (κ3) is 3.68. The Morgan fingerprint density at radius 2 is 2.15 bits per heavy atom. The average molecular weight is 356 g/mol. The van der Waals surface area contributed by atoms with Gasteiger partial charge in [0.2, 0.25) is 5.91 Å². The van der Waals surface area contributed by atoms with E-state index in [1.54, 1.807) is 0 Å². The fraction of sp³-hybridized carbons (Fsp3) is 0.650. The summed E-state index contributed by atoms with van der Waals surface area (Å²) in [5.74, 6) is 1.47. The molecule has 1 N–H and O–H groups in total. The van der Waals surface area contributed by atoms with Gasteiger partial charge < -0.3 is 14.9 Å². The zero-order valence-electron chi connectivity index (χ0n) is 15.7. The molecule has 2 atom stereocenters. The van der Waals surface area contributed by atoms with Crippen LogP contribution in [0, 0.1) is 31.1 Å². The number of rotatable bonds is 5. The Hall–Kier alpha value is -2.13. The van der Waals surface area contributed by atoms with Crippen molar-refractivity contribution < 1.29 is 9.90 Å². The lowest BCUT2D eigenvalue weighted by Gasteiger charge is -2.47. The summed E-state index contributed by atoms with van der Waals surface area (Å²) in [6, 6.07) is 4.55. The Kier molecular flexibility index (Phi) is 5.77. The largest absolute Gasteiger partial charge is 0.396 e. The molecule has 0 aromatic carbocycles. The van der Waals surface area contributed by atoms with Crippen LogP contribution in [-0.2, 0) is 4.79 Å². The van der Waals surface area contributed by atoms with Crippen molar-refractivity contribution in [3.05, 3.63) is 22.9 Å². The highest BCUT2D eigenvalue weighted by Crippen LogP contribution is 2.34. The predicted molar refractivity (Wildman–Crippen MR) is 99.8 cm³/mol. The molecule has 140 valence electrons. The van der Waals surface area contributed by atoms with Crippen molar-refractivity contribution in [3.8, 4) is 6.07 Å². The van der Waals surface area contributed by atoms with Gasteiger partial charge in [0.15, 0.2) is 0 Å². The zero-order valence-corrected chi connectivity index (χ0v) is 15.7. The molecule has 1 aromatic rings. The van der Waals surface area contributed by atoms with Gasteiger partial charge in [-0.25, -0.2) is 4.98 Å². The van der Waals surface area contributed by atoms with E-state index < -0.39 is 0 Å². The number of hydrogen-bond acceptors (Lipinski definition) is 5. The van der Waals surface area contributed by atoms with Gasteiger partial charge in [0, 0.05) is 44.4 Å². The molecule has 1 aromatic heterocycles. The summed E-state index contributed by atoms with van der Waals surface area (Å²) in [4.78, 5) is 21.3. The molecule has 2 saturated heterocycles. The number of anilines is 1. The number of aliphatic hydroxyl groups is 1. The lowest BCUT2D eigenvalue weighted by molar-refractivity contribution is -0.139. The van der Waals surface area contributed by atoms with Gasteiger partial charge >= 0.3 is 0 Å². The number of unbranched alkanes of at least 4 members (excludes halogenated alkanes) is 1. The van der Waals surface area contributed by atoms with E-state index in [1.807, 2.05) is 24.8 Å². The van der Waals surface area contributed by atoms with Gasteiger partial charge in [0.05, 0.1) is 5.56 Å². The van der Waals surface area contributed by atoms with Gasteiger partial charge in [0.1, 0.15) is 11.9 Å². The molecular formula is C20H28N4O2. The fourth-order valence-electron chi connectivity index (χ4n) is 4.41.